The summed E-state index contributed by atoms with van der Waals surface area (Å²) < 4.78 is 5.17. The highest BCUT2D eigenvalue weighted by Gasteiger charge is 2.53. The van der Waals surface area contributed by atoms with Crippen LogP contribution in [0, 0.1) is 0 Å². The number of carbonyl (C=O) groups excluding carboxylic acids is 2. The zero-order valence-electron chi connectivity index (χ0n) is 15.5. The summed E-state index contributed by atoms with van der Waals surface area (Å²) in [6.45, 7) is 0.191. The van der Waals surface area contributed by atoms with E-state index in [9.17, 15) is 9.59 Å². The molecule has 1 aliphatic heterocycles. The highest BCUT2D eigenvalue weighted by atomic mass is 16.5. The van der Waals surface area contributed by atoms with Gasteiger partial charge < -0.3 is 10.1 Å². The van der Waals surface area contributed by atoms with Crippen LogP contribution in [-0.2, 0) is 16.9 Å². The van der Waals surface area contributed by atoms with Gasteiger partial charge in [0.2, 0.25) is 0 Å². The number of benzene rings is 3. The van der Waals surface area contributed by atoms with Crippen molar-refractivity contribution in [3.8, 4) is 5.75 Å². The van der Waals surface area contributed by atoms with Crippen LogP contribution in [0.3, 0.4) is 0 Å². The molecule has 0 radical (unpaired) electrons. The Kier molecular flexibility index (Phi) is 4.57. The van der Waals surface area contributed by atoms with Crippen LogP contribution in [0.25, 0.3) is 0 Å². The molecule has 3 amide bonds. The van der Waals surface area contributed by atoms with E-state index in [1.807, 2.05) is 84.9 Å². The van der Waals surface area contributed by atoms with Gasteiger partial charge in [0, 0.05) is 0 Å². The van der Waals surface area contributed by atoms with E-state index in [2.05, 4.69) is 5.32 Å². The standard InChI is InChI=1S/C23H20N2O3/c1-28-20-14-12-17(13-15-20)16-25-21(26)23(24-22(25)27,18-8-4-2-5-9-18)19-10-6-3-7-11-19/h2-15H,16H2,1H3,(H,24,27). The summed E-state index contributed by atoms with van der Waals surface area (Å²) in [4.78, 5) is 27.7. The number of hydrogen-bond donors (Lipinski definition) is 1. The zero-order chi connectivity index (χ0) is 19.6. The second-order valence-corrected chi connectivity index (χ2v) is 6.65. The van der Waals surface area contributed by atoms with E-state index >= 15 is 0 Å². The number of nitrogens with zero attached hydrogens (tertiary/aromatic N) is 1. The molecule has 3 aromatic carbocycles. The van der Waals surface area contributed by atoms with Gasteiger partial charge in [-0.25, -0.2) is 4.79 Å². The van der Waals surface area contributed by atoms with E-state index in [0.717, 1.165) is 22.4 Å². The van der Waals surface area contributed by atoms with Crippen LogP contribution in [0.15, 0.2) is 84.9 Å². The van der Waals surface area contributed by atoms with Crippen molar-refractivity contribution in [1.29, 1.82) is 0 Å². The summed E-state index contributed by atoms with van der Waals surface area (Å²) in [6, 6.07) is 25.6. The lowest BCUT2D eigenvalue weighted by atomic mass is 9.82. The molecule has 0 atom stereocenters. The minimum atomic E-state index is -1.23. The Morgan fingerprint density at radius 3 is 1.86 bits per heavy atom. The molecule has 28 heavy (non-hydrogen) atoms. The molecule has 1 fully saturated rings. The first-order valence-corrected chi connectivity index (χ1v) is 9.03. The van der Waals surface area contributed by atoms with Crippen LogP contribution in [0.2, 0.25) is 0 Å². The van der Waals surface area contributed by atoms with E-state index in [-0.39, 0.29) is 12.5 Å². The number of methoxy groups -OCH3 is 1. The number of nitrogens with one attached hydrogen (secondary N) is 1. The highest BCUT2D eigenvalue weighted by molar-refractivity contribution is 6.09. The third kappa shape index (κ3) is 2.91. The molecule has 140 valence electrons. The minimum Gasteiger partial charge on any atom is -0.497 e. The Labute approximate surface area is 163 Å². The summed E-state index contributed by atoms with van der Waals surface area (Å²) in [5, 5.41) is 2.96. The first-order valence-electron chi connectivity index (χ1n) is 9.03. The Morgan fingerprint density at radius 1 is 0.821 bits per heavy atom. The van der Waals surface area contributed by atoms with Crippen LogP contribution in [0.4, 0.5) is 4.79 Å². The smallest absolute Gasteiger partial charge is 0.325 e. The van der Waals surface area contributed by atoms with Crippen LogP contribution < -0.4 is 10.1 Å². The molecular weight excluding hydrogens is 352 g/mol. The van der Waals surface area contributed by atoms with Crippen molar-refractivity contribution in [1.82, 2.24) is 10.2 Å². The van der Waals surface area contributed by atoms with Crippen LogP contribution in [0.5, 0.6) is 5.75 Å². The van der Waals surface area contributed by atoms with Crippen molar-refractivity contribution in [3.63, 3.8) is 0 Å². The first-order chi connectivity index (χ1) is 13.6. The lowest BCUT2D eigenvalue weighted by Gasteiger charge is -2.28. The Hall–Kier alpha value is -3.60. The second-order valence-electron chi connectivity index (χ2n) is 6.65. The van der Waals surface area contributed by atoms with Crippen molar-refractivity contribution < 1.29 is 14.3 Å². The molecule has 0 aliphatic carbocycles. The van der Waals surface area contributed by atoms with Gasteiger partial charge >= 0.3 is 6.03 Å². The quantitative estimate of drug-likeness (QED) is 0.695. The SMILES string of the molecule is COc1ccc(CN2C(=O)NC(c3ccccc3)(c3ccccc3)C2=O)cc1. The summed E-state index contributed by atoms with van der Waals surface area (Å²) in [6.07, 6.45) is 0. The first kappa shape index (κ1) is 17.8. The molecular formula is C23H20N2O3. The van der Waals surface area contributed by atoms with Gasteiger partial charge in [0.15, 0.2) is 5.54 Å². The van der Waals surface area contributed by atoms with Gasteiger partial charge in [-0.2, -0.15) is 0 Å². The van der Waals surface area contributed by atoms with Gasteiger partial charge in [-0.05, 0) is 28.8 Å². The van der Waals surface area contributed by atoms with Gasteiger partial charge in [-0.1, -0.05) is 72.8 Å². The Bertz CT molecular complexity index is 946. The lowest BCUT2D eigenvalue weighted by molar-refractivity contribution is -0.130. The molecule has 5 nitrogen and oxygen atoms in total. The van der Waals surface area contributed by atoms with Crippen LogP contribution >= 0.6 is 0 Å². The second kappa shape index (κ2) is 7.19. The number of urea groups is 1. The molecule has 1 saturated heterocycles. The van der Waals surface area contributed by atoms with Gasteiger partial charge in [0.25, 0.3) is 5.91 Å². The largest absolute Gasteiger partial charge is 0.497 e. The molecule has 0 spiro atoms. The van der Waals surface area contributed by atoms with Crippen molar-refractivity contribution in [2.24, 2.45) is 0 Å². The molecule has 1 N–H and O–H groups in total. The summed E-state index contributed by atoms with van der Waals surface area (Å²) >= 11 is 0. The Morgan fingerprint density at radius 2 is 1.36 bits per heavy atom. The fourth-order valence-electron chi connectivity index (χ4n) is 3.57. The zero-order valence-corrected chi connectivity index (χ0v) is 15.5. The molecule has 0 bridgehead atoms. The number of rotatable bonds is 5. The topological polar surface area (TPSA) is 58.6 Å². The monoisotopic (exact) mass is 372 g/mol. The fourth-order valence-corrected chi connectivity index (χ4v) is 3.57. The third-order valence-electron chi connectivity index (χ3n) is 5.02. The van der Waals surface area contributed by atoms with Gasteiger partial charge in [-0.3, -0.25) is 9.69 Å². The minimum absolute atomic E-state index is 0.191. The lowest BCUT2D eigenvalue weighted by Crippen LogP contribution is -2.45. The maximum atomic E-state index is 13.6. The van der Waals surface area contributed by atoms with E-state index in [1.165, 1.54) is 4.90 Å². The van der Waals surface area contributed by atoms with E-state index < -0.39 is 11.6 Å². The summed E-state index contributed by atoms with van der Waals surface area (Å²) in [5.74, 6) is 0.439. The number of carbonyl (C=O) groups is 2. The van der Waals surface area contributed by atoms with Crippen molar-refractivity contribution in [2.75, 3.05) is 7.11 Å². The molecule has 4 rings (SSSR count). The van der Waals surface area contributed by atoms with E-state index in [1.54, 1.807) is 7.11 Å². The van der Waals surface area contributed by atoms with Gasteiger partial charge in [0.1, 0.15) is 5.75 Å². The number of imide groups is 1. The van der Waals surface area contributed by atoms with Crippen molar-refractivity contribution >= 4 is 11.9 Å². The van der Waals surface area contributed by atoms with E-state index in [0.29, 0.717) is 0 Å². The molecule has 5 heteroatoms. The van der Waals surface area contributed by atoms with Crippen LogP contribution in [0.1, 0.15) is 16.7 Å². The van der Waals surface area contributed by atoms with Crippen molar-refractivity contribution in [3.05, 3.63) is 102 Å². The summed E-state index contributed by atoms with van der Waals surface area (Å²) in [7, 11) is 1.60. The average Bonchev–Trinajstić information content (AvgIpc) is 3.01. The van der Waals surface area contributed by atoms with E-state index in [4.69, 9.17) is 4.74 Å². The molecule has 1 heterocycles. The maximum Gasteiger partial charge on any atom is 0.325 e. The average molecular weight is 372 g/mol. The molecule has 0 aromatic heterocycles. The molecule has 0 unspecified atom stereocenters. The molecule has 1 aliphatic rings. The number of hydrogen-bond acceptors (Lipinski definition) is 3. The predicted molar refractivity (Wildman–Crippen MR) is 106 cm³/mol. The van der Waals surface area contributed by atoms with Gasteiger partial charge in [0.05, 0.1) is 13.7 Å². The molecule has 0 saturated carbocycles. The third-order valence-corrected chi connectivity index (χ3v) is 5.02. The fraction of sp³-hybridized carbons (Fsp3) is 0.130. The maximum absolute atomic E-state index is 13.6. The highest BCUT2D eigenvalue weighted by Crippen LogP contribution is 2.36. The number of amides is 3. The summed E-state index contributed by atoms with van der Waals surface area (Å²) in [5.41, 5.74) is 1.08. The normalized spacial score (nSPS) is 15.4. The predicted octanol–water partition coefficient (Wildman–Crippen LogP) is 3.69. The number of ether oxygens (including phenoxy) is 1. The Balaban J connectivity index is 1.74. The van der Waals surface area contributed by atoms with Crippen molar-refractivity contribution in [2.45, 2.75) is 12.1 Å². The van der Waals surface area contributed by atoms with Gasteiger partial charge in [-0.15, -0.1) is 0 Å². The molecule has 3 aromatic rings. The van der Waals surface area contributed by atoms with Crippen LogP contribution in [-0.4, -0.2) is 23.9 Å².